The van der Waals surface area contributed by atoms with Gasteiger partial charge in [0.1, 0.15) is 0 Å². The fourth-order valence-corrected chi connectivity index (χ4v) is 2.81. The van der Waals surface area contributed by atoms with E-state index < -0.39 is 0 Å². The molecule has 3 nitrogen and oxygen atoms in total. The molecule has 0 amide bonds. The first-order valence-corrected chi connectivity index (χ1v) is 7.68. The number of halogens is 1. The van der Waals surface area contributed by atoms with Crippen LogP contribution in [0.4, 0.5) is 0 Å². The third-order valence-electron chi connectivity index (χ3n) is 3.58. The van der Waals surface area contributed by atoms with Crippen molar-refractivity contribution in [3.63, 3.8) is 0 Å². The molecule has 20 heavy (non-hydrogen) atoms. The van der Waals surface area contributed by atoms with Crippen molar-refractivity contribution >= 4 is 15.9 Å². The molecule has 0 saturated carbocycles. The monoisotopic (exact) mass is 336 g/mol. The minimum Gasteiger partial charge on any atom is -0.393 e. The molecule has 1 aromatic carbocycles. The topological polar surface area (TPSA) is 38.1 Å². The molecule has 0 spiro atoms. The Morgan fingerprint density at radius 1 is 1.25 bits per heavy atom. The molecular formula is C16H21BrN2O. The smallest absolute Gasteiger partial charge is 0.0738 e. The predicted molar refractivity (Wildman–Crippen MR) is 84.9 cm³/mol. The normalized spacial score (nSPS) is 12.7. The zero-order chi connectivity index (χ0) is 14.7. The maximum Gasteiger partial charge on any atom is 0.0738 e. The lowest BCUT2D eigenvalue weighted by atomic mass is 10.0. The van der Waals surface area contributed by atoms with E-state index in [1.165, 1.54) is 11.1 Å². The highest BCUT2D eigenvalue weighted by Gasteiger charge is 2.15. The quantitative estimate of drug-likeness (QED) is 0.909. The molecule has 0 bridgehead atoms. The molecule has 1 N–H and O–H groups in total. The summed E-state index contributed by atoms with van der Waals surface area (Å²) in [5.41, 5.74) is 4.56. The molecule has 2 rings (SSSR count). The van der Waals surface area contributed by atoms with Crippen LogP contribution in [0.5, 0.6) is 0 Å². The number of aliphatic hydroxyl groups is 1. The molecule has 0 aliphatic carbocycles. The molecule has 2 aromatic rings. The summed E-state index contributed by atoms with van der Waals surface area (Å²) in [6.45, 7) is 4.05. The van der Waals surface area contributed by atoms with Gasteiger partial charge in [0.05, 0.1) is 22.0 Å². The van der Waals surface area contributed by atoms with E-state index in [0.29, 0.717) is 6.42 Å². The molecule has 1 aromatic heterocycles. The highest BCUT2D eigenvalue weighted by molar-refractivity contribution is 9.10. The van der Waals surface area contributed by atoms with Crippen molar-refractivity contribution in [2.45, 2.75) is 39.2 Å². The molecule has 1 unspecified atom stereocenters. The maximum atomic E-state index is 10.2. The second kappa shape index (κ2) is 6.55. The Labute approximate surface area is 128 Å². The van der Waals surface area contributed by atoms with Gasteiger partial charge in [-0.15, -0.1) is 0 Å². The molecule has 0 fully saturated rings. The van der Waals surface area contributed by atoms with E-state index >= 15 is 0 Å². The number of aryl methyl sites for hydroxylation is 4. The summed E-state index contributed by atoms with van der Waals surface area (Å²) < 4.78 is 2.85. The Kier molecular flexibility index (Phi) is 5.00. The van der Waals surface area contributed by atoms with Crippen molar-refractivity contribution in [1.29, 1.82) is 0 Å². The first-order chi connectivity index (χ1) is 9.47. The second-order valence-corrected chi connectivity index (χ2v) is 6.14. The molecule has 0 aliphatic heterocycles. The van der Waals surface area contributed by atoms with Gasteiger partial charge in [0.25, 0.3) is 0 Å². The number of hydrogen-bond acceptors (Lipinski definition) is 2. The van der Waals surface area contributed by atoms with Gasteiger partial charge < -0.3 is 5.11 Å². The average molecular weight is 337 g/mol. The zero-order valence-electron chi connectivity index (χ0n) is 12.2. The highest BCUT2D eigenvalue weighted by atomic mass is 79.9. The Balaban J connectivity index is 1.92. The predicted octanol–water partition coefficient (Wildman–Crippen LogP) is 3.34. The molecular weight excluding hydrogens is 316 g/mol. The summed E-state index contributed by atoms with van der Waals surface area (Å²) in [5.74, 6) is 0. The van der Waals surface area contributed by atoms with Crippen molar-refractivity contribution in [2.24, 2.45) is 7.05 Å². The van der Waals surface area contributed by atoms with Crippen LogP contribution < -0.4 is 0 Å². The van der Waals surface area contributed by atoms with Crippen LogP contribution in [0, 0.1) is 13.8 Å². The summed E-state index contributed by atoms with van der Waals surface area (Å²) in [5, 5.41) is 14.6. The van der Waals surface area contributed by atoms with Crippen LogP contribution in [0.2, 0.25) is 0 Å². The largest absolute Gasteiger partial charge is 0.393 e. The number of benzene rings is 1. The lowest BCUT2D eigenvalue weighted by Crippen LogP contribution is -2.14. The first kappa shape index (κ1) is 15.3. The van der Waals surface area contributed by atoms with Crippen molar-refractivity contribution in [1.82, 2.24) is 9.78 Å². The molecule has 0 saturated heterocycles. The van der Waals surface area contributed by atoms with E-state index in [4.69, 9.17) is 0 Å². The van der Waals surface area contributed by atoms with Crippen molar-refractivity contribution < 1.29 is 5.11 Å². The maximum absolute atomic E-state index is 10.2. The van der Waals surface area contributed by atoms with Crippen LogP contribution in [-0.2, 0) is 19.9 Å². The number of rotatable bonds is 5. The summed E-state index contributed by atoms with van der Waals surface area (Å²) >= 11 is 3.54. The van der Waals surface area contributed by atoms with E-state index in [-0.39, 0.29) is 6.10 Å². The molecule has 1 heterocycles. The number of aliphatic hydroxyl groups excluding tert-OH is 1. The third-order valence-corrected chi connectivity index (χ3v) is 4.61. The minimum absolute atomic E-state index is 0.345. The SMILES string of the molecule is Cc1ccc(CCC(O)Cc2c(Br)c(C)nn2C)cc1. The van der Waals surface area contributed by atoms with Gasteiger partial charge in [0, 0.05) is 13.5 Å². The van der Waals surface area contributed by atoms with Gasteiger partial charge in [0.2, 0.25) is 0 Å². The van der Waals surface area contributed by atoms with Crippen LogP contribution in [0.1, 0.15) is 28.9 Å². The van der Waals surface area contributed by atoms with Crippen molar-refractivity contribution in [3.8, 4) is 0 Å². The van der Waals surface area contributed by atoms with E-state index in [9.17, 15) is 5.11 Å². The molecule has 0 radical (unpaired) electrons. The van der Waals surface area contributed by atoms with Gasteiger partial charge in [-0.05, 0) is 48.2 Å². The first-order valence-electron chi connectivity index (χ1n) is 6.89. The lowest BCUT2D eigenvalue weighted by molar-refractivity contribution is 0.162. The second-order valence-electron chi connectivity index (χ2n) is 5.35. The molecule has 108 valence electrons. The fraction of sp³-hybridized carbons (Fsp3) is 0.438. The van der Waals surface area contributed by atoms with Crippen LogP contribution in [0.3, 0.4) is 0 Å². The van der Waals surface area contributed by atoms with Gasteiger partial charge in [-0.25, -0.2) is 0 Å². The van der Waals surface area contributed by atoms with Crippen LogP contribution in [0.25, 0.3) is 0 Å². The van der Waals surface area contributed by atoms with Crippen LogP contribution in [-0.4, -0.2) is 21.0 Å². The lowest BCUT2D eigenvalue weighted by Gasteiger charge is -2.11. The van der Waals surface area contributed by atoms with Gasteiger partial charge in [-0.2, -0.15) is 5.10 Å². The third kappa shape index (κ3) is 3.70. The Morgan fingerprint density at radius 2 is 1.90 bits per heavy atom. The summed E-state index contributed by atoms with van der Waals surface area (Å²) in [6, 6.07) is 8.49. The van der Waals surface area contributed by atoms with Gasteiger partial charge in [-0.3, -0.25) is 4.68 Å². The number of hydrogen-bond donors (Lipinski definition) is 1. The molecule has 0 aliphatic rings. The minimum atomic E-state index is -0.345. The summed E-state index contributed by atoms with van der Waals surface area (Å²) in [6.07, 6.45) is 1.95. The van der Waals surface area contributed by atoms with E-state index in [1.807, 2.05) is 18.7 Å². The standard InChI is InChI=1S/C16H21BrN2O/c1-11-4-6-13(7-5-11)8-9-14(20)10-15-16(17)12(2)18-19(15)3/h4-7,14,20H,8-10H2,1-3H3. The van der Waals surface area contributed by atoms with E-state index in [1.54, 1.807) is 0 Å². The molecule has 1 atom stereocenters. The van der Waals surface area contributed by atoms with E-state index in [0.717, 1.165) is 28.7 Å². The molecule has 4 heteroatoms. The van der Waals surface area contributed by atoms with Crippen LogP contribution >= 0.6 is 15.9 Å². The van der Waals surface area contributed by atoms with Crippen LogP contribution in [0.15, 0.2) is 28.7 Å². The van der Waals surface area contributed by atoms with Crippen molar-refractivity contribution in [3.05, 3.63) is 51.3 Å². The number of aromatic nitrogens is 2. The van der Waals surface area contributed by atoms with Crippen molar-refractivity contribution in [2.75, 3.05) is 0 Å². The van der Waals surface area contributed by atoms with Gasteiger partial charge >= 0.3 is 0 Å². The Morgan fingerprint density at radius 3 is 2.45 bits per heavy atom. The number of nitrogens with zero attached hydrogens (tertiary/aromatic N) is 2. The van der Waals surface area contributed by atoms with Gasteiger partial charge in [-0.1, -0.05) is 29.8 Å². The highest BCUT2D eigenvalue weighted by Crippen LogP contribution is 2.22. The Hall–Kier alpha value is -1.13. The summed E-state index contributed by atoms with van der Waals surface area (Å²) in [4.78, 5) is 0. The Bertz CT molecular complexity index is 575. The zero-order valence-corrected chi connectivity index (χ0v) is 13.8. The fourth-order valence-electron chi connectivity index (χ4n) is 2.32. The summed E-state index contributed by atoms with van der Waals surface area (Å²) in [7, 11) is 1.92. The average Bonchev–Trinajstić information content (AvgIpc) is 2.65. The van der Waals surface area contributed by atoms with Gasteiger partial charge in [0.15, 0.2) is 0 Å². The van der Waals surface area contributed by atoms with E-state index in [2.05, 4.69) is 52.2 Å².